The highest BCUT2D eigenvalue weighted by atomic mass is 16.5. The number of hydrogen-bond acceptors (Lipinski definition) is 8. The topological polar surface area (TPSA) is 109 Å². The van der Waals surface area contributed by atoms with Crippen LogP contribution in [-0.2, 0) is 13.2 Å². The minimum absolute atomic E-state index is 0.174. The molecule has 0 radical (unpaired) electrons. The fraction of sp³-hybridized carbons (Fsp3) is 0.222. The third-order valence-electron chi connectivity index (χ3n) is 4.24. The van der Waals surface area contributed by atoms with Gasteiger partial charge in [0.15, 0.2) is 11.3 Å². The van der Waals surface area contributed by atoms with Gasteiger partial charge in [-0.15, -0.1) is 20.4 Å². The summed E-state index contributed by atoms with van der Waals surface area (Å²) in [6.45, 7) is 0.431. The number of aromatic nitrogens is 8. The van der Waals surface area contributed by atoms with Crippen LogP contribution >= 0.6 is 0 Å². The van der Waals surface area contributed by atoms with Gasteiger partial charge in [0.2, 0.25) is 11.7 Å². The second-order valence-corrected chi connectivity index (χ2v) is 6.04. The van der Waals surface area contributed by atoms with E-state index in [2.05, 4.69) is 30.8 Å². The highest BCUT2D eigenvalue weighted by Gasteiger charge is 2.18. The number of rotatable bonds is 5. The van der Waals surface area contributed by atoms with Gasteiger partial charge in [0, 0.05) is 27.5 Å². The lowest BCUT2D eigenvalue weighted by atomic mass is 10.2. The molecule has 0 fully saturated rings. The molecular formula is C18H16N8O2. The van der Waals surface area contributed by atoms with Crippen molar-refractivity contribution >= 4 is 16.4 Å². The van der Waals surface area contributed by atoms with E-state index in [1.807, 2.05) is 31.2 Å². The Morgan fingerprint density at radius 3 is 2.86 bits per heavy atom. The maximum absolute atomic E-state index is 7.48. The number of hydrogen-bond donors (Lipinski definition) is 0. The second-order valence-electron chi connectivity index (χ2n) is 6.04. The predicted molar refractivity (Wildman–Crippen MR) is 98.6 cm³/mol. The van der Waals surface area contributed by atoms with Crippen molar-refractivity contribution in [1.29, 1.82) is 0 Å². The third kappa shape index (κ3) is 2.66. The molecule has 0 saturated heterocycles. The lowest BCUT2D eigenvalue weighted by Gasteiger charge is -2.08. The molecule has 140 valence electrons. The molecule has 5 rings (SSSR count). The van der Waals surface area contributed by atoms with Crippen molar-refractivity contribution in [3.63, 3.8) is 0 Å². The maximum Gasteiger partial charge on any atom is 0.240 e. The van der Waals surface area contributed by atoms with Crippen molar-refractivity contribution in [2.75, 3.05) is 0 Å². The molecule has 10 heteroatoms. The van der Waals surface area contributed by atoms with Crippen LogP contribution in [0.4, 0.5) is 0 Å². The van der Waals surface area contributed by atoms with Crippen LogP contribution in [-0.4, -0.2) is 40.0 Å². The van der Waals surface area contributed by atoms with Crippen molar-refractivity contribution in [1.82, 2.24) is 40.0 Å². The fourth-order valence-corrected chi connectivity index (χ4v) is 2.90. The Morgan fingerprint density at radius 1 is 1.18 bits per heavy atom. The van der Waals surface area contributed by atoms with Crippen LogP contribution in [0.15, 0.2) is 41.1 Å². The molecule has 0 aliphatic carbocycles. The van der Waals surface area contributed by atoms with Gasteiger partial charge in [-0.1, -0.05) is 28.6 Å². The van der Waals surface area contributed by atoms with E-state index in [1.165, 1.54) is 10.6 Å². The molecule has 28 heavy (non-hydrogen) atoms. The minimum atomic E-state index is -2.42. The zero-order valence-electron chi connectivity index (χ0n) is 17.8. The van der Waals surface area contributed by atoms with E-state index in [0.29, 0.717) is 23.8 Å². The first kappa shape index (κ1) is 13.4. The van der Waals surface area contributed by atoms with Crippen molar-refractivity contribution in [2.45, 2.75) is 26.9 Å². The number of fused-ring (bicyclic) bond motifs is 3. The second kappa shape index (κ2) is 6.41. The molecule has 0 spiro atoms. The average Bonchev–Trinajstić information content (AvgIpc) is 3.50. The van der Waals surface area contributed by atoms with Gasteiger partial charge in [-0.2, -0.15) is 4.52 Å². The van der Waals surface area contributed by atoms with Gasteiger partial charge in [-0.3, -0.25) is 4.68 Å². The summed E-state index contributed by atoms with van der Waals surface area (Å²) in [7, 11) is 0. The molecule has 4 heterocycles. The monoisotopic (exact) mass is 379 g/mol. The van der Waals surface area contributed by atoms with E-state index in [1.54, 1.807) is 10.9 Å². The number of ether oxygens (including phenoxy) is 1. The first-order valence-electron chi connectivity index (χ1n) is 10.1. The van der Waals surface area contributed by atoms with Gasteiger partial charge in [0.05, 0.1) is 6.20 Å². The molecule has 0 aliphatic heterocycles. The van der Waals surface area contributed by atoms with E-state index < -0.39 is 6.85 Å². The summed E-state index contributed by atoms with van der Waals surface area (Å²) >= 11 is 0. The quantitative estimate of drug-likeness (QED) is 0.458. The van der Waals surface area contributed by atoms with Crippen LogP contribution < -0.4 is 4.74 Å². The van der Waals surface area contributed by atoms with E-state index in [4.69, 9.17) is 13.4 Å². The smallest absolute Gasteiger partial charge is 0.240 e. The summed E-state index contributed by atoms with van der Waals surface area (Å²) in [5.74, 6) is 0.340. The van der Waals surface area contributed by atoms with E-state index in [0.717, 1.165) is 10.8 Å². The van der Waals surface area contributed by atoms with Crippen LogP contribution in [0.3, 0.4) is 0 Å². The first-order valence-corrected chi connectivity index (χ1v) is 8.57. The van der Waals surface area contributed by atoms with Crippen molar-refractivity contribution in [3.05, 3.63) is 48.0 Å². The molecule has 0 unspecified atom stereocenters. The summed E-state index contributed by atoms with van der Waals surface area (Å²) < 4.78 is 36.5. The Labute approximate surface area is 162 Å². The SMILES string of the molecule is [2H]C([2H])([2H])c1cc(-c2nnc3c4ccccc4c(OCc4cn(CC)nn4)nn23)no1. The molecule has 0 bridgehead atoms. The number of aryl methyl sites for hydroxylation is 2. The van der Waals surface area contributed by atoms with Gasteiger partial charge >= 0.3 is 0 Å². The van der Waals surface area contributed by atoms with Crippen molar-refractivity contribution in [3.8, 4) is 17.4 Å². The number of nitrogens with zero attached hydrogens (tertiary/aromatic N) is 8. The van der Waals surface area contributed by atoms with Crippen LogP contribution in [0.2, 0.25) is 0 Å². The molecule has 1 aromatic carbocycles. The summed E-state index contributed by atoms with van der Waals surface area (Å²) in [6.07, 6.45) is 1.80. The fourth-order valence-electron chi connectivity index (χ4n) is 2.90. The van der Waals surface area contributed by atoms with Crippen LogP contribution in [0.25, 0.3) is 27.9 Å². The van der Waals surface area contributed by atoms with Gasteiger partial charge in [0.1, 0.15) is 18.1 Å². The highest BCUT2D eigenvalue weighted by Crippen LogP contribution is 2.29. The van der Waals surface area contributed by atoms with Crippen molar-refractivity contribution in [2.24, 2.45) is 0 Å². The Balaban J connectivity index is 1.59. The zero-order valence-corrected chi connectivity index (χ0v) is 14.8. The summed E-state index contributed by atoms with van der Waals surface area (Å²) in [5, 5.41) is 26.3. The largest absolute Gasteiger partial charge is 0.470 e. The summed E-state index contributed by atoms with van der Waals surface area (Å²) in [4.78, 5) is 0. The number of benzene rings is 1. The zero-order chi connectivity index (χ0) is 21.6. The Morgan fingerprint density at radius 2 is 2.07 bits per heavy atom. The predicted octanol–water partition coefficient (Wildman–Crippen LogP) is 2.43. The first-order chi connectivity index (χ1) is 14.9. The van der Waals surface area contributed by atoms with Gasteiger partial charge in [0.25, 0.3) is 0 Å². The van der Waals surface area contributed by atoms with Crippen LogP contribution in [0, 0.1) is 6.85 Å². The van der Waals surface area contributed by atoms with Crippen molar-refractivity contribution < 1.29 is 13.4 Å². The standard InChI is InChI=1S/C18H16N8O2/c1-3-25-9-12(19-24-25)10-27-18-14-7-5-4-6-13(14)16-20-21-17(26(16)22-18)15-8-11(2)28-23-15/h4-9H,3,10H2,1-2H3/i2D3. The average molecular weight is 379 g/mol. The third-order valence-corrected chi connectivity index (χ3v) is 4.24. The minimum Gasteiger partial charge on any atom is -0.470 e. The Bertz CT molecular complexity index is 1390. The van der Waals surface area contributed by atoms with E-state index in [-0.39, 0.29) is 23.9 Å². The molecule has 0 amide bonds. The molecule has 5 aromatic rings. The lowest BCUT2D eigenvalue weighted by Crippen LogP contribution is -2.03. The van der Waals surface area contributed by atoms with Crippen LogP contribution in [0.5, 0.6) is 5.88 Å². The Hall–Kier alpha value is -3.82. The molecule has 0 aliphatic rings. The molecule has 10 nitrogen and oxygen atoms in total. The molecule has 0 saturated carbocycles. The van der Waals surface area contributed by atoms with E-state index in [9.17, 15) is 0 Å². The lowest BCUT2D eigenvalue weighted by molar-refractivity contribution is 0.289. The van der Waals surface area contributed by atoms with Gasteiger partial charge < -0.3 is 9.26 Å². The molecular weight excluding hydrogens is 360 g/mol. The normalized spacial score (nSPS) is 13.5. The van der Waals surface area contributed by atoms with E-state index >= 15 is 0 Å². The highest BCUT2D eigenvalue weighted by molar-refractivity contribution is 5.96. The maximum atomic E-state index is 7.48. The Kier molecular flexibility index (Phi) is 3.06. The summed E-state index contributed by atoms with van der Waals surface area (Å²) in [6, 6.07) is 8.80. The van der Waals surface area contributed by atoms with Crippen LogP contribution in [0.1, 0.15) is 22.5 Å². The van der Waals surface area contributed by atoms with Gasteiger partial charge in [-0.05, 0) is 19.8 Å². The molecule has 0 atom stereocenters. The molecule has 4 aromatic heterocycles. The molecule has 0 N–H and O–H groups in total. The van der Waals surface area contributed by atoms with Gasteiger partial charge in [-0.25, -0.2) is 0 Å². The summed E-state index contributed by atoms with van der Waals surface area (Å²) in [5.41, 5.74) is 1.35.